The second kappa shape index (κ2) is 19.6. The second-order valence-electron chi connectivity index (χ2n) is 8.58. The van der Waals surface area contributed by atoms with Gasteiger partial charge in [-0.15, -0.1) is 0 Å². The molecule has 0 saturated carbocycles. The monoisotopic (exact) mass is 446 g/mol. The first-order valence-corrected chi connectivity index (χ1v) is 12.8. The number of nitrogens with one attached hydrogen (secondary N) is 1. The minimum absolute atomic E-state index is 0.0437. The average Bonchev–Trinajstić information content (AvgIpc) is 2.81. The third-order valence-electron chi connectivity index (χ3n) is 5.83. The molecule has 0 aliphatic rings. The molecule has 1 amide bonds. The number of carbonyl (C=O) groups is 1. The highest BCUT2D eigenvalue weighted by Crippen LogP contribution is 2.29. The number of benzene rings is 1. The van der Waals surface area contributed by atoms with E-state index in [1.54, 1.807) is 20.4 Å². The number of hydrogen-bond donors (Lipinski definition) is 1. The van der Waals surface area contributed by atoms with Crippen LogP contribution in [0.4, 0.5) is 0 Å². The third-order valence-corrected chi connectivity index (χ3v) is 5.83. The van der Waals surface area contributed by atoms with Crippen LogP contribution in [0, 0.1) is 0 Å². The zero-order valence-electron chi connectivity index (χ0n) is 20.8. The molecule has 5 heteroatoms. The number of hydrogen-bond acceptors (Lipinski definition) is 4. The first kappa shape index (κ1) is 28.0. The van der Waals surface area contributed by atoms with Crippen molar-refractivity contribution >= 4 is 12.1 Å². The largest absolute Gasteiger partial charge is 0.493 e. The van der Waals surface area contributed by atoms with Gasteiger partial charge >= 0.3 is 0 Å². The van der Waals surface area contributed by atoms with Gasteiger partial charge in [0, 0.05) is 12.0 Å². The van der Waals surface area contributed by atoms with Crippen LogP contribution in [0.15, 0.2) is 23.3 Å². The van der Waals surface area contributed by atoms with Crippen LogP contribution in [0.25, 0.3) is 0 Å². The summed E-state index contributed by atoms with van der Waals surface area (Å²) in [5.74, 6) is 1.20. The lowest BCUT2D eigenvalue weighted by Gasteiger charge is -2.09. The fraction of sp³-hybridized carbons (Fsp3) is 0.704. The van der Waals surface area contributed by atoms with Crippen molar-refractivity contribution in [1.82, 2.24) is 5.43 Å². The molecule has 1 rings (SSSR count). The predicted octanol–water partition coefficient (Wildman–Crippen LogP) is 7.42. The van der Waals surface area contributed by atoms with E-state index in [2.05, 4.69) is 17.5 Å². The Kier molecular flexibility index (Phi) is 17.2. The molecule has 0 unspecified atom stereocenters. The van der Waals surface area contributed by atoms with Crippen LogP contribution in [-0.4, -0.2) is 26.3 Å². The number of unbranched alkanes of at least 4 members (excludes halogenated alkanes) is 14. The van der Waals surface area contributed by atoms with Crippen LogP contribution in [0.3, 0.4) is 0 Å². The van der Waals surface area contributed by atoms with Crippen molar-refractivity contribution < 1.29 is 14.3 Å². The van der Waals surface area contributed by atoms with E-state index in [1.807, 2.05) is 18.2 Å². The van der Waals surface area contributed by atoms with E-state index in [4.69, 9.17) is 9.47 Å². The summed E-state index contributed by atoms with van der Waals surface area (Å²) in [5.41, 5.74) is 3.37. The Morgan fingerprint density at radius 2 is 1.34 bits per heavy atom. The molecule has 0 heterocycles. The van der Waals surface area contributed by atoms with Crippen LogP contribution < -0.4 is 14.9 Å². The number of hydrazone groups is 1. The Morgan fingerprint density at radius 1 is 0.812 bits per heavy atom. The molecule has 0 aromatic heterocycles. The van der Waals surface area contributed by atoms with E-state index >= 15 is 0 Å². The molecule has 0 bridgehead atoms. The lowest BCUT2D eigenvalue weighted by atomic mass is 10.0. The molecule has 0 atom stereocenters. The molecule has 0 saturated heterocycles. The number of ether oxygens (including phenoxy) is 2. The standard InChI is InChI=1S/C27H46N2O3/c1-4-5-6-7-8-9-10-11-12-13-14-15-16-17-18-22-26(30)29-28-23-24-20-19-21-25(31-2)27(24)32-3/h19-21,23H,4-18,22H2,1-3H3,(H,29,30)/b28-23-. The second-order valence-corrected chi connectivity index (χ2v) is 8.58. The van der Waals surface area contributed by atoms with Crippen molar-refractivity contribution in [2.75, 3.05) is 14.2 Å². The molecular formula is C27H46N2O3. The Hall–Kier alpha value is -2.04. The SMILES string of the molecule is CCCCCCCCCCCCCCCCCC(=O)N/N=C\c1cccc(OC)c1OC. The van der Waals surface area contributed by atoms with Gasteiger partial charge in [0.1, 0.15) is 0 Å². The number of methoxy groups -OCH3 is 2. The topological polar surface area (TPSA) is 59.9 Å². The number of nitrogens with zero attached hydrogens (tertiary/aromatic N) is 1. The molecule has 182 valence electrons. The molecule has 1 aromatic rings. The van der Waals surface area contributed by atoms with Gasteiger partial charge in [-0.2, -0.15) is 5.10 Å². The fourth-order valence-corrected chi connectivity index (χ4v) is 3.90. The minimum atomic E-state index is -0.0437. The number of rotatable bonds is 20. The van der Waals surface area contributed by atoms with Crippen molar-refractivity contribution in [3.05, 3.63) is 23.8 Å². The van der Waals surface area contributed by atoms with E-state index in [0.717, 1.165) is 18.4 Å². The number of amides is 1. The Bertz CT molecular complexity index is 631. The van der Waals surface area contributed by atoms with Crippen molar-refractivity contribution in [3.8, 4) is 11.5 Å². The van der Waals surface area contributed by atoms with Gasteiger partial charge in [-0.3, -0.25) is 4.79 Å². The highest BCUT2D eigenvalue weighted by atomic mass is 16.5. The summed E-state index contributed by atoms with van der Waals surface area (Å²) in [4.78, 5) is 12.0. The molecule has 1 N–H and O–H groups in total. The van der Waals surface area contributed by atoms with E-state index < -0.39 is 0 Å². The molecule has 0 radical (unpaired) electrons. The number of para-hydroxylation sites is 1. The van der Waals surface area contributed by atoms with Crippen LogP contribution >= 0.6 is 0 Å². The van der Waals surface area contributed by atoms with Crippen LogP contribution in [0.1, 0.15) is 115 Å². The maximum Gasteiger partial charge on any atom is 0.240 e. The normalized spacial score (nSPS) is 11.1. The minimum Gasteiger partial charge on any atom is -0.493 e. The Morgan fingerprint density at radius 3 is 1.84 bits per heavy atom. The van der Waals surface area contributed by atoms with Crippen molar-refractivity contribution in [1.29, 1.82) is 0 Å². The predicted molar refractivity (Wildman–Crippen MR) is 135 cm³/mol. The summed E-state index contributed by atoms with van der Waals surface area (Å²) < 4.78 is 10.6. The molecule has 0 spiro atoms. The summed E-state index contributed by atoms with van der Waals surface area (Å²) in [6.07, 6.45) is 21.9. The zero-order chi connectivity index (χ0) is 23.3. The van der Waals surface area contributed by atoms with Gasteiger partial charge in [0.25, 0.3) is 0 Å². The molecule has 1 aromatic carbocycles. The number of carbonyl (C=O) groups excluding carboxylic acids is 1. The van der Waals surface area contributed by atoms with Gasteiger partial charge in [-0.05, 0) is 18.6 Å². The van der Waals surface area contributed by atoms with Crippen molar-refractivity contribution in [2.24, 2.45) is 5.10 Å². The maximum absolute atomic E-state index is 12.0. The first-order valence-electron chi connectivity index (χ1n) is 12.8. The van der Waals surface area contributed by atoms with Gasteiger partial charge in [-0.25, -0.2) is 5.43 Å². The van der Waals surface area contributed by atoms with E-state index in [1.165, 1.54) is 83.5 Å². The molecule has 32 heavy (non-hydrogen) atoms. The average molecular weight is 447 g/mol. The Labute approximate surface area is 196 Å². The summed E-state index contributed by atoms with van der Waals surface area (Å²) in [7, 11) is 3.18. The Balaban J connectivity index is 1.98. The van der Waals surface area contributed by atoms with Gasteiger partial charge in [0.15, 0.2) is 11.5 Å². The van der Waals surface area contributed by atoms with Crippen molar-refractivity contribution in [2.45, 2.75) is 110 Å². The fourth-order valence-electron chi connectivity index (χ4n) is 3.90. The van der Waals surface area contributed by atoms with Gasteiger partial charge in [0.05, 0.1) is 20.4 Å². The van der Waals surface area contributed by atoms with Gasteiger partial charge in [0.2, 0.25) is 5.91 Å². The lowest BCUT2D eigenvalue weighted by Crippen LogP contribution is -2.17. The summed E-state index contributed by atoms with van der Waals surface area (Å²) in [6, 6.07) is 5.55. The lowest BCUT2D eigenvalue weighted by molar-refractivity contribution is -0.121. The van der Waals surface area contributed by atoms with E-state index in [0.29, 0.717) is 17.9 Å². The smallest absolute Gasteiger partial charge is 0.240 e. The van der Waals surface area contributed by atoms with Crippen molar-refractivity contribution in [3.63, 3.8) is 0 Å². The van der Waals surface area contributed by atoms with Crippen LogP contribution in [0.5, 0.6) is 11.5 Å². The zero-order valence-corrected chi connectivity index (χ0v) is 20.8. The van der Waals surface area contributed by atoms with Crippen LogP contribution in [-0.2, 0) is 4.79 Å². The first-order chi connectivity index (χ1) is 15.7. The summed E-state index contributed by atoms with van der Waals surface area (Å²) in [6.45, 7) is 2.27. The van der Waals surface area contributed by atoms with E-state index in [-0.39, 0.29) is 5.91 Å². The molecule has 5 nitrogen and oxygen atoms in total. The maximum atomic E-state index is 12.0. The summed E-state index contributed by atoms with van der Waals surface area (Å²) >= 11 is 0. The highest BCUT2D eigenvalue weighted by Gasteiger charge is 2.07. The van der Waals surface area contributed by atoms with E-state index in [9.17, 15) is 4.79 Å². The van der Waals surface area contributed by atoms with Crippen LogP contribution in [0.2, 0.25) is 0 Å². The molecule has 0 aliphatic heterocycles. The van der Waals surface area contributed by atoms with Gasteiger partial charge < -0.3 is 9.47 Å². The molecule has 0 aliphatic carbocycles. The molecular weight excluding hydrogens is 400 g/mol. The quantitative estimate of drug-likeness (QED) is 0.129. The summed E-state index contributed by atoms with van der Waals surface area (Å²) in [5, 5.41) is 4.05. The highest BCUT2D eigenvalue weighted by molar-refractivity contribution is 5.86. The third kappa shape index (κ3) is 13.4. The molecule has 0 fully saturated rings. The van der Waals surface area contributed by atoms with Gasteiger partial charge in [-0.1, -0.05) is 103 Å².